The molecule has 4 aliphatic rings. The summed E-state index contributed by atoms with van der Waals surface area (Å²) >= 11 is 0. The van der Waals surface area contributed by atoms with Crippen molar-refractivity contribution in [3.05, 3.63) is 27.6 Å². The molecule has 3 aliphatic heterocycles. The first-order chi connectivity index (χ1) is 15.6. The fourth-order valence-corrected chi connectivity index (χ4v) is 6.00. The lowest BCUT2D eigenvalue weighted by atomic mass is 9.84. The summed E-state index contributed by atoms with van der Waals surface area (Å²) in [5.41, 5.74) is 1.97. The number of hydrogen-bond acceptors (Lipinski definition) is 7. The van der Waals surface area contributed by atoms with Crippen LogP contribution in [-0.2, 0) is 13.0 Å². The molecular formula is C25H34N2O5. The minimum absolute atomic E-state index is 0.265. The second kappa shape index (κ2) is 8.94. The Kier molecular flexibility index (Phi) is 6.03. The van der Waals surface area contributed by atoms with Gasteiger partial charge in [-0.1, -0.05) is 0 Å². The molecule has 3 fully saturated rings. The van der Waals surface area contributed by atoms with Crippen molar-refractivity contribution in [2.75, 3.05) is 54.1 Å². The molecule has 1 aromatic carbocycles. The average molecular weight is 443 g/mol. The zero-order chi connectivity index (χ0) is 22.2. The number of hydrogen-bond donors (Lipinski definition) is 0. The van der Waals surface area contributed by atoms with Crippen LogP contribution in [0.2, 0.25) is 0 Å². The third-order valence-electron chi connectivity index (χ3n) is 7.70. The van der Waals surface area contributed by atoms with Gasteiger partial charge in [0, 0.05) is 45.3 Å². The van der Waals surface area contributed by atoms with Gasteiger partial charge in [0.2, 0.25) is 5.75 Å². The molecule has 6 rings (SSSR count). The smallest absolute Gasteiger partial charge is 0.341 e. The molecule has 2 saturated heterocycles. The van der Waals surface area contributed by atoms with Crippen LogP contribution in [0.3, 0.4) is 0 Å². The van der Waals surface area contributed by atoms with Crippen molar-refractivity contribution in [3.63, 3.8) is 0 Å². The molecule has 7 nitrogen and oxygen atoms in total. The van der Waals surface area contributed by atoms with Crippen molar-refractivity contribution in [2.45, 2.75) is 38.6 Å². The first kappa shape index (κ1) is 21.6. The molecule has 1 aliphatic carbocycles. The second-order valence-electron chi connectivity index (χ2n) is 9.54. The van der Waals surface area contributed by atoms with Gasteiger partial charge in [-0.3, -0.25) is 4.90 Å². The molecule has 0 N–H and O–H groups in total. The normalized spacial score (nSPS) is 23.7. The molecule has 0 radical (unpaired) electrons. The van der Waals surface area contributed by atoms with Crippen molar-refractivity contribution < 1.29 is 18.6 Å². The van der Waals surface area contributed by atoms with Gasteiger partial charge >= 0.3 is 5.63 Å². The Morgan fingerprint density at radius 1 is 0.906 bits per heavy atom. The highest BCUT2D eigenvalue weighted by atomic mass is 16.5. The monoisotopic (exact) mass is 442 g/mol. The van der Waals surface area contributed by atoms with E-state index in [-0.39, 0.29) is 5.63 Å². The number of benzene rings is 1. The van der Waals surface area contributed by atoms with E-state index in [0.717, 1.165) is 54.4 Å². The molecule has 32 heavy (non-hydrogen) atoms. The highest BCUT2D eigenvalue weighted by Gasteiger charge is 2.31. The van der Waals surface area contributed by atoms with Gasteiger partial charge in [-0.2, -0.15) is 0 Å². The Bertz CT molecular complexity index is 1030. The summed E-state index contributed by atoms with van der Waals surface area (Å²) < 4.78 is 22.4. The molecule has 1 aromatic heterocycles. The minimum atomic E-state index is -0.265. The van der Waals surface area contributed by atoms with E-state index in [9.17, 15) is 4.79 Å². The summed E-state index contributed by atoms with van der Waals surface area (Å²) in [7, 11) is 4.76. The summed E-state index contributed by atoms with van der Waals surface area (Å²) in [5.74, 6) is 3.35. The molecule has 0 amide bonds. The molecule has 0 atom stereocenters. The minimum Gasteiger partial charge on any atom is -0.493 e. The molecule has 7 heteroatoms. The van der Waals surface area contributed by atoms with Crippen LogP contribution in [0.25, 0.3) is 11.0 Å². The summed E-state index contributed by atoms with van der Waals surface area (Å²) in [6.07, 6.45) is 6.41. The fourth-order valence-electron chi connectivity index (χ4n) is 6.00. The maximum atomic E-state index is 12.9. The van der Waals surface area contributed by atoms with Crippen molar-refractivity contribution >= 4 is 11.0 Å². The zero-order valence-electron chi connectivity index (χ0n) is 19.4. The molecule has 1 saturated carbocycles. The lowest BCUT2D eigenvalue weighted by Crippen LogP contribution is -2.40. The Balaban J connectivity index is 1.39. The van der Waals surface area contributed by atoms with Gasteiger partial charge in [-0.25, -0.2) is 4.79 Å². The number of nitrogens with zero attached hydrogens (tertiary/aromatic N) is 2. The first-order valence-corrected chi connectivity index (χ1v) is 11.8. The van der Waals surface area contributed by atoms with Gasteiger partial charge < -0.3 is 23.5 Å². The highest BCUT2D eigenvalue weighted by molar-refractivity contribution is 5.92. The number of methoxy groups -OCH3 is 3. The molecule has 2 aromatic rings. The van der Waals surface area contributed by atoms with Crippen LogP contribution in [0.4, 0.5) is 0 Å². The van der Waals surface area contributed by atoms with Crippen LogP contribution in [0.1, 0.15) is 36.8 Å². The van der Waals surface area contributed by atoms with E-state index >= 15 is 0 Å². The third kappa shape index (κ3) is 3.86. The van der Waals surface area contributed by atoms with Gasteiger partial charge in [0.25, 0.3) is 0 Å². The van der Waals surface area contributed by atoms with E-state index in [1.807, 2.05) is 0 Å². The predicted octanol–water partition coefficient (Wildman–Crippen LogP) is 3.30. The molecule has 174 valence electrons. The standard InChI is InChI=1S/C25H34N2O5/c1-29-21-12-20-22(24(31-3)23(21)30-2)18-8-9-26(15-19(18)25(28)32-20)10-11-27-13-16-4-5-17(14-27)7-6-16/h12,16-17H,4-11,13-15H2,1-3H3. The summed E-state index contributed by atoms with van der Waals surface area (Å²) in [6.45, 7) is 6.09. The number of rotatable bonds is 6. The molecule has 4 heterocycles. The largest absolute Gasteiger partial charge is 0.493 e. The number of ether oxygens (including phenoxy) is 3. The Hall–Kier alpha value is -2.25. The van der Waals surface area contributed by atoms with E-state index in [0.29, 0.717) is 29.4 Å². The maximum absolute atomic E-state index is 12.9. The Morgan fingerprint density at radius 3 is 2.19 bits per heavy atom. The van der Waals surface area contributed by atoms with E-state index < -0.39 is 0 Å². The van der Waals surface area contributed by atoms with Crippen LogP contribution >= 0.6 is 0 Å². The lowest BCUT2D eigenvalue weighted by Gasteiger charge is -2.31. The van der Waals surface area contributed by atoms with E-state index in [4.69, 9.17) is 18.6 Å². The van der Waals surface area contributed by atoms with Gasteiger partial charge in [0.1, 0.15) is 5.58 Å². The highest BCUT2D eigenvalue weighted by Crippen LogP contribution is 2.45. The van der Waals surface area contributed by atoms with Gasteiger partial charge in [-0.15, -0.1) is 0 Å². The van der Waals surface area contributed by atoms with Crippen LogP contribution in [0.5, 0.6) is 17.2 Å². The SMILES string of the molecule is COc1cc2oc(=O)c3c(c2c(OC)c1OC)CCN(CCN1CC2CCC(CC2)C1)C3. The van der Waals surface area contributed by atoms with Crippen molar-refractivity contribution in [1.29, 1.82) is 0 Å². The topological polar surface area (TPSA) is 64.4 Å². The quantitative estimate of drug-likeness (QED) is 0.636. The lowest BCUT2D eigenvalue weighted by molar-refractivity contribution is 0.182. The van der Waals surface area contributed by atoms with E-state index in [1.165, 1.54) is 38.8 Å². The van der Waals surface area contributed by atoms with Crippen LogP contribution in [0, 0.1) is 11.8 Å². The van der Waals surface area contributed by atoms with Crippen molar-refractivity contribution in [2.24, 2.45) is 11.8 Å². The Morgan fingerprint density at radius 2 is 1.56 bits per heavy atom. The molecule has 0 spiro atoms. The summed E-state index contributed by atoms with van der Waals surface area (Å²) in [6, 6.07) is 1.72. The van der Waals surface area contributed by atoms with Gasteiger partial charge in [0.15, 0.2) is 11.5 Å². The average Bonchev–Trinajstić information content (AvgIpc) is 3.14. The predicted molar refractivity (Wildman–Crippen MR) is 123 cm³/mol. The maximum Gasteiger partial charge on any atom is 0.341 e. The van der Waals surface area contributed by atoms with E-state index in [2.05, 4.69) is 9.80 Å². The van der Waals surface area contributed by atoms with Crippen molar-refractivity contribution in [3.8, 4) is 17.2 Å². The fraction of sp³-hybridized carbons (Fsp3) is 0.640. The third-order valence-corrected chi connectivity index (χ3v) is 7.70. The number of fused-ring (bicyclic) bond motifs is 7. The summed E-state index contributed by atoms with van der Waals surface area (Å²) in [4.78, 5) is 18.0. The zero-order valence-corrected chi connectivity index (χ0v) is 19.4. The van der Waals surface area contributed by atoms with E-state index in [1.54, 1.807) is 27.4 Å². The second-order valence-corrected chi connectivity index (χ2v) is 9.54. The van der Waals surface area contributed by atoms with Crippen LogP contribution in [0.15, 0.2) is 15.3 Å². The molecular weight excluding hydrogens is 408 g/mol. The van der Waals surface area contributed by atoms with Crippen LogP contribution < -0.4 is 19.8 Å². The van der Waals surface area contributed by atoms with Crippen molar-refractivity contribution in [1.82, 2.24) is 9.80 Å². The first-order valence-electron chi connectivity index (χ1n) is 11.8. The Labute approximate surface area is 189 Å². The van der Waals surface area contributed by atoms with Crippen LogP contribution in [-0.4, -0.2) is 63.9 Å². The molecule has 2 bridgehead atoms. The van der Waals surface area contributed by atoms with Gasteiger partial charge in [0.05, 0.1) is 32.3 Å². The summed E-state index contributed by atoms with van der Waals surface area (Å²) in [5, 5.41) is 0.823. The molecule has 0 unspecified atom stereocenters. The van der Waals surface area contributed by atoms with Gasteiger partial charge in [-0.05, 0) is 49.5 Å².